The Hall–Kier alpha value is -4.86. The standard InChI is InChI=1S/C28H32N8O5/c1-41-28(40)31-13-16-8-20(9-16)33-23-11-24(25-7-6-21-10-17(12-29)14-32-36(21)25)30-15-22(23)26(37)34-18-2-4-19(5-3-18)35-27(38)39/h6-7,10-11,14-16,18-20,35H,2-5,8-9,13H2,1H3,(H,30,33)(H,31,40)(H,34,37)(H,38,39)/t16-,18-,19-,20-. The maximum Gasteiger partial charge on any atom is 0.406 e. The van der Waals surface area contributed by atoms with Gasteiger partial charge in [0.05, 0.1) is 47.0 Å². The number of nitrogens with one attached hydrogen (secondary N) is 4. The highest BCUT2D eigenvalue weighted by Crippen LogP contribution is 2.33. The number of pyridine rings is 1. The van der Waals surface area contributed by atoms with Crippen LogP contribution in [0.25, 0.3) is 16.9 Å². The van der Waals surface area contributed by atoms with Crippen LogP contribution in [-0.2, 0) is 4.74 Å². The van der Waals surface area contributed by atoms with Gasteiger partial charge in [-0.25, -0.2) is 14.1 Å². The molecule has 0 saturated heterocycles. The molecule has 5 N–H and O–H groups in total. The molecule has 0 aliphatic heterocycles. The number of hydrogen-bond donors (Lipinski definition) is 5. The van der Waals surface area contributed by atoms with Crippen molar-refractivity contribution in [3.63, 3.8) is 0 Å². The lowest BCUT2D eigenvalue weighted by molar-refractivity contribution is 0.0923. The van der Waals surface area contributed by atoms with Gasteiger partial charge < -0.3 is 31.1 Å². The van der Waals surface area contributed by atoms with Crippen molar-refractivity contribution in [1.82, 2.24) is 30.5 Å². The second-order valence-electron chi connectivity index (χ2n) is 10.5. The molecule has 3 aromatic heterocycles. The van der Waals surface area contributed by atoms with Gasteiger partial charge in [-0.05, 0) is 68.7 Å². The normalized spacial score (nSPS) is 21.7. The highest BCUT2D eigenvalue weighted by molar-refractivity contribution is 6.00. The van der Waals surface area contributed by atoms with Gasteiger partial charge in [-0.15, -0.1) is 0 Å². The summed E-state index contributed by atoms with van der Waals surface area (Å²) in [6, 6.07) is 9.35. The van der Waals surface area contributed by atoms with Crippen LogP contribution in [0.2, 0.25) is 0 Å². The SMILES string of the molecule is COC(=O)NC[C@H]1C[C@H](Nc2cc(-c3ccc4cc(C#N)cnn34)ncc2C(=O)N[C@H]2CC[C@H](NC(=O)O)CC2)C1. The minimum absolute atomic E-state index is 0.0625. The molecule has 0 atom stereocenters. The van der Waals surface area contributed by atoms with Crippen LogP contribution in [0.3, 0.4) is 0 Å². The van der Waals surface area contributed by atoms with Crippen LogP contribution in [0.5, 0.6) is 0 Å². The van der Waals surface area contributed by atoms with E-state index >= 15 is 0 Å². The molecule has 2 saturated carbocycles. The molecule has 0 unspecified atom stereocenters. The summed E-state index contributed by atoms with van der Waals surface area (Å²) in [5.41, 5.74) is 3.60. The lowest BCUT2D eigenvalue weighted by atomic mass is 9.80. The van der Waals surface area contributed by atoms with Crippen molar-refractivity contribution in [3.05, 3.63) is 47.8 Å². The molecule has 41 heavy (non-hydrogen) atoms. The Kier molecular flexibility index (Phi) is 8.19. The number of carbonyl (C=O) groups excluding carboxylic acids is 2. The number of nitriles is 1. The second-order valence-corrected chi connectivity index (χ2v) is 10.5. The Morgan fingerprint density at radius 3 is 2.49 bits per heavy atom. The summed E-state index contributed by atoms with van der Waals surface area (Å²) in [6.45, 7) is 0.520. The summed E-state index contributed by atoms with van der Waals surface area (Å²) in [5, 5.41) is 34.4. The molecular formula is C28H32N8O5. The summed E-state index contributed by atoms with van der Waals surface area (Å²) in [5.74, 6) is 0.0501. The highest BCUT2D eigenvalue weighted by Gasteiger charge is 2.31. The van der Waals surface area contributed by atoms with E-state index in [1.54, 1.807) is 16.8 Å². The van der Waals surface area contributed by atoms with Crippen molar-refractivity contribution >= 4 is 29.3 Å². The topological polar surface area (TPSA) is 183 Å². The zero-order valence-electron chi connectivity index (χ0n) is 22.6. The molecule has 2 aliphatic rings. The van der Waals surface area contributed by atoms with Crippen molar-refractivity contribution in [2.45, 2.75) is 56.7 Å². The van der Waals surface area contributed by atoms with E-state index in [4.69, 9.17) is 5.11 Å². The monoisotopic (exact) mass is 560 g/mol. The van der Waals surface area contributed by atoms with Crippen molar-refractivity contribution in [3.8, 4) is 17.5 Å². The van der Waals surface area contributed by atoms with Crippen molar-refractivity contribution in [1.29, 1.82) is 5.26 Å². The Morgan fingerprint density at radius 1 is 1.07 bits per heavy atom. The summed E-state index contributed by atoms with van der Waals surface area (Å²) in [6.07, 6.45) is 5.86. The van der Waals surface area contributed by atoms with Crippen LogP contribution in [0.1, 0.15) is 54.4 Å². The molecule has 13 heteroatoms. The molecule has 0 aromatic carbocycles. The van der Waals surface area contributed by atoms with Gasteiger partial charge in [-0.2, -0.15) is 10.4 Å². The summed E-state index contributed by atoms with van der Waals surface area (Å²) < 4.78 is 6.34. The number of fused-ring (bicyclic) bond motifs is 1. The number of aromatic nitrogens is 3. The van der Waals surface area contributed by atoms with Crippen LogP contribution >= 0.6 is 0 Å². The lowest BCUT2D eigenvalue weighted by Gasteiger charge is -2.37. The summed E-state index contributed by atoms with van der Waals surface area (Å²) >= 11 is 0. The third-order valence-electron chi connectivity index (χ3n) is 7.75. The minimum Gasteiger partial charge on any atom is -0.465 e. The van der Waals surface area contributed by atoms with Gasteiger partial charge in [-0.3, -0.25) is 9.78 Å². The van der Waals surface area contributed by atoms with E-state index in [1.807, 2.05) is 18.2 Å². The number of ether oxygens (including phenoxy) is 1. The van der Waals surface area contributed by atoms with Crippen LogP contribution in [0.4, 0.5) is 15.3 Å². The average Bonchev–Trinajstić information content (AvgIpc) is 3.37. The molecule has 2 fully saturated rings. The summed E-state index contributed by atoms with van der Waals surface area (Å²) in [4.78, 5) is 40.4. The summed E-state index contributed by atoms with van der Waals surface area (Å²) in [7, 11) is 1.33. The molecule has 3 amide bonds. The van der Waals surface area contributed by atoms with E-state index in [2.05, 4.69) is 42.2 Å². The number of rotatable bonds is 8. The molecule has 0 radical (unpaired) electrons. The Bertz CT molecular complexity index is 1480. The predicted molar refractivity (Wildman–Crippen MR) is 148 cm³/mol. The first-order valence-electron chi connectivity index (χ1n) is 13.6. The van der Waals surface area contributed by atoms with Gasteiger partial charge in [0.25, 0.3) is 5.91 Å². The fraction of sp³-hybridized carbons (Fsp3) is 0.429. The van der Waals surface area contributed by atoms with Crippen molar-refractivity contribution in [2.75, 3.05) is 19.0 Å². The smallest absolute Gasteiger partial charge is 0.406 e. The van der Waals surface area contributed by atoms with E-state index < -0.39 is 12.2 Å². The van der Waals surface area contributed by atoms with E-state index in [-0.39, 0.29) is 24.0 Å². The van der Waals surface area contributed by atoms with Crippen LogP contribution in [-0.4, -0.2) is 69.6 Å². The van der Waals surface area contributed by atoms with Crippen LogP contribution in [0, 0.1) is 17.2 Å². The Labute approximate surface area is 236 Å². The zero-order chi connectivity index (χ0) is 28.9. The minimum atomic E-state index is -1.03. The van der Waals surface area contributed by atoms with Crippen molar-refractivity contribution in [2.24, 2.45) is 5.92 Å². The molecule has 3 heterocycles. The zero-order valence-corrected chi connectivity index (χ0v) is 22.6. The number of carbonyl (C=O) groups is 3. The Balaban J connectivity index is 1.33. The van der Waals surface area contributed by atoms with E-state index in [9.17, 15) is 19.6 Å². The number of amides is 3. The molecule has 2 aliphatic carbocycles. The maximum atomic E-state index is 13.4. The lowest BCUT2D eigenvalue weighted by Crippen LogP contribution is -2.44. The molecule has 5 rings (SSSR count). The Morgan fingerprint density at radius 2 is 1.80 bits per heavy atom. The van der Waals surface area contributed by atoms with Gasteiger partial charge in [0.2, 0.25) is 0 Å². The number of nitrogens with zero attached hydrogens (tertiary/aromatic N) is 4. The maximum absolute atomic E-state index is 13.4. The van der Waals surface area contributed by atoms with Crippen molar-refractivity contribution < 1.29 is 24.2 Å². The fourth-order valence-electron chi connectivity index (χ4n) is 5.51. The first-order valence-corrected chi connectivity index (χ1v) is 13.6. The number of carboxylic acid groups (broad SMARTS) is 1. The third kappa shape index (κ3) is 6.49. The molecular weight excluding hydrogens is 528 g/mol. The fourth-order valence-corrected chi connectivity index (χ4v) is 5.51. The molecule has 0 bridgehead atoms. The second kappa shape index (κ2) is 12.1. The number of methoxy groups -OCH3 is 1. The first-order chi connectivity index (χ1) is 19.8. The number of alkyl carbamates (subject to hydrolysis) is 1. The van der Waals surface area contributed by atoms with Gasteiger partial charge in [0.15, 0.2) is 0 Å². The van der Waals surface area contributed by atoms with Gasteiger partial charge in [0.1, 0.15) is 6.07 Å². The largest absolute Gasteiger partial charge is 0.465 e. The molecule has 3 aromatic rings. The molecule has 13 nitrogen and oxygen atoms in total. The van der Waals surface area contributed by atoms with E-state index in [0.717, 1.165) is 24.1 Å². The predicted octanol–water partition coefficient (Wildman–Crippen LogP) is 3.12. The number of anilines is 1. The first kappa shape index (κ1) is 27.7. The van der Waals surface area contributed by atoms with E-state index in [1.165, 1.54) is 13.3 Å². The average molecular weight is 561 g/mol. The quantitative estimate of drug-likeness (QED) is 0.276. The van der Waals surface area contributed by atoms with Crippen LogP contribution < -0.4 is 21.3 Å². The van der Waals surface area contributed by atoms with Gasteiger partial charge in [0, 0.05) is 30.9 Å². The van der Waals surface area contributed by atoms with E-state index in [0.29, 0.717) is 60.7 Å². The van der Waals surface area contributed by atoms with Gasteiger partial charge >= 0.3 is 12.2 Å². The van der Waals surface area contributed by atoms with Crippen LogP contribution in [0.15, 0.2) is 36.7 Å². The molecule has 214 valence electrons. The third-order valence-corrected chi connectivity index (χ3v) is 7.75. The molecule has 0 spiro atoms. The number of hydrogen-bond acceptors (Lipinski definition) is 8. The highest BCUT2D eigenvalue weighted by atomic mass is 16.5. The van der Waals surface area contributed by atoms with Gasteiger partial charge in [-0.1, -0.05) is 0 Å².